The molecule has 0 amide bonds. The highest BCUT2D eigenvalue weighted by atomic mass is 35.5. The third-order valence-corrected chi connectivity index (χ3v) is 2.92. The van der Waals surface area contributed by atoms with E-state index >= 15 is 0 Å². The largest absolute Gasteiger partial charge is 0.381 e. The molecule has 2 rings (SSSR count). The van der Waals surface area contributed by atoms with Crippen molar-refractivity contribution in [3.63, 3.8) is 0 Å². The van der Waals surface area contributed by atoms with Crippen molar-refractivity contribution in [3.8, 4) is 0 Å². The first kappa shape index (κ1) is 10.6. The summed E-state index contributed by atoms with van der Waals surface area (Å²) >= 11 is 5.68. The maximum atomic E-state index is 5.68. The van der Waals surface area contributed by atoms with Crippen molar-refractivity contribution >= 4 is 17.4 Å². The minimum atomic E-state index is 0.390. The zero-order chi connectivity index (χ0) is 10.7. The molecule has 1 fully saturated rings. The fourth-order valence-electron chi connectivity index (χ4n) is 1.80. The molecular formula is C10H14ClN3O. The van der Waals surface area contributed by atoms with E-state index in [0.717, 1.165) is 31.7 Å². The van der Waals surface area contributed by atoms with E-state index in [-0.39, 0.29) is 0 Å². The Bertz CT molecular complexity index is 309. The summed E-state index contributed by atoms with van der Waals surface area (Å²) in [7, 11) is 1.77. The topological polar surface area (TPSA) is 38.2 Å². The quantitative estimate of drug-likeness (QED) is 0.772. The Hall–Kier alpha value is -0.870. The number of halogens is 1. The fraction of sp³-hybridized carbons (Fsp3) is 0.600. The van der Waals surface area contributed by atoms with Crippen molar-refractivity contribution in [2.24, 2.45) is 0 Å². The van der Waals surface area contributed by atoms with Gasteiger partial charge in [-0.15, -0.1) is 10.2 Å². The van der Waals surface area contributed by atoms with E-state index in [1.54, 1.807) is 13.2 Å². The van der Waals surface area contributed by atoms with Crippen LogP contribution in [0.5, 0.6) is 0 Å². The van der Waals surface area contributed by atoms with Crippen molar-refractivity contribution in [1.82, 2.24) is 10.2 Å². The van der Waals surface area contributed by atoms with Gasteiger partial charge in [0.15, 0.2) is 11.0 Å². The minimum Gasteiger partial charge on any atom is -0.381 e. The molecule has 0 atom stereocenters. The first-order valence-corrected chi connectivity index (χ1v) is 5.44. The van der Waals surface area contributed by atoms with Crippen molar-refractivity contribution in [2.75, 3.05) is 25.1 Å². The summed E-state index contributed by atoms with van der Waals surface area (Å²) in [5.74, 6) is 0.897. The number of aromatic nitrogens is 2. The highest BCUT2D eigenvalue weighted by Crippen LogP contribution is 2.19. The Balaban J connectivity index is 1.98. The molecule has 2 heterocycles. The number of anilines is 1. The number of hydrogen-bond donors (Lipinski definition) is 0. The lowest BCUT2D eigenvalue weighted by atomic mass is 10.1. The van der Waals surface area contributed by atoms with Gasteiger partial charge in [0.25, 0.3) is 0 Å². The van der Waals surface area contributed by atoms with Crippen molar-refractivity contribution in [1.29, 1.82) is 0 Å². The lowest BCUT2D eigenvalue weighted by Gasteiger charge is -2.31. The van der Waals surface area contributed by atoms with Crippen molar-refractivity contribution < 1.29 is 4.74 Å². The molecule has 1 aliphatic rings. The summed E-state index contributed by atoms with van der Waals surface area (Å²) in [4.78, 5) is 2.21. The number of ether oxygens (including phenoxy) is 1. The third-order valence-electron chi connectivity index (χ3n) is 2.72. The van der Waals surface area contributed by atoms with Gasteiger partial charge in [0.05, 0.1) is 6.10 Å². The number of methoxy groups -OCH3 is 1. The predicted octanol–water partition coefficient (Wildman–Crippen LogP) is 1.75. The highest BCUT2D eigenvalue weighted by Gasteiger charge is 2.19. The Kier molecular flexibility index (Phi) is 3.38. The lowest BCUT2D eigenvalue weighted by Crippen LogP contribution is -2.37. The van der Waals surface area contributed by atoms with Gasteiger partial charge in [0.2, 0.25) is 0 Å². The molecule has 0 bridgehead atoms. The first-order valence-electron chi connectivity index (χ1n) is 5.06. The van der Waals surface area contributed by atoms with E-state index in [0.29, 0.717) is 11.3 Å². The van der Waals surface area contributed by atoms with Crippen LogP contribution in [-0.4, -0.2) is 36.5 Å². The zero-order valence-electron chi connectivity index (χ0n) is 8.69. The van der Waals surface area contributed by atoms with Crippen LogP contribution < -0.4 is 4.90 Å². The molecule has 0 aliphatic carbocycles. The molecular weight excluding hydrogens is 214 g/mol. The second kappa shape index (κ2) is 4.77. The molecule has 15 heavy (non-hydrogen) atoms. The van der Waals surface area contributed by atoms with Crippen LogP contribution in [0, 0.1) is 0 Å². The maximum Gasteiger partial charge on any atom is 0.151 e. The molecule has 0 N–H and O–H groups in total. The summed E-state index contributed by atoms with van der Waals surface area (Å²) in [6.45, 7) is 1.93. The van der Waals surface area contributed by atoms with E-state index in [4.69, 9.17) is 16.3 Å². The van der Waals surface area contributed by atoms with Crippen LogP contribution >= 0.6 is 11.6 Å². The van der Waals surface area contributed by atoms with Crippen LogP contribution in [-0.2, 0) is 4.74 Å². The van der Waals surface area contributed by atoms with Crippen molar-refractivity contribution in [2.45, 2.75) is 18.9 Å². The van der Waals surface area contributed by atoms with Gasteiger partial charge < -0.3 is 9.64 Å². The van der Waals surface area contributed by atoms with Gasteiger partial charge in [-0.3, -0.25) is 0 Å². The van der Waals surface area contributed by atoms with Gasteiger partial charge in [-0.25, -0.2) is 0 Å². The smallest absolute Gasteiger partial charge is 0.151 e. The molecule has 1 aliphatic heterocycles. The molecule has 0 spiro atoms. The number of hydrogen-bond acceptors (Lipinski definition) is 4. The van der Waals surface area contributed by atoms with Gasteiger partial charge in [-0.2, -0.15) is 0 Å². The Morgan fingerprint density at radius 1 is 1.33 bits per heavy atom. The van der Waals surface area contributed by atoms with E-state index in [1.807, 2.05) is 6.07 Å². The van der Waals surface area contributed by atoms with E-state index in [9.17, 15) is 0 Å². The monoisotopic (exact) mass is 227 g/mol. The molecule has 1 aromatic rings. The van der Waals surface area contributed by atoms with Crippen LogP contribution in [0.4, 0.5) is 5.82 Å². The molecule has 0 radical (unpaired) electrons. The molecule has 5 heteroatoms. The highest BCUT2D eigenvalue weighted by molar-refractivity contribution is 6.29. The number of piperidine rings is 1. The average molecular weight is 228 g/mol. The summed E-state index contributed by atoms with van der Waals surface area (Å²) in [5, 5.41) is 8.33. The van der Waals surface area contributed by atoms with E-state index < -0.39 is 0 Å². The molecule has 1 saturated heterocycles. The Morgan fingerprint density at radius 3 is 2.60 bits per heavy atom. The van der Waals surface area contributed by atoms with E-state index in [1.165, 1.54) is 0 Å². The SMILES string of the molecule is COC1CCN(c2ccc(Cl)nn2)CC1. The van der Waals surface area contributed by atoms with Gasteiger partial charge in [-0.1, -0.05) is 11.6 Å². The lowest BCUT2D eigenvalue weighted by molar-refractivity contribution is 0.0817. The van der Waals surface area contributed by atoms with Crippen LogP contribution in [0.25, 0.3) is 0 Å². The normalized spacial score (nSPS) is 18.1. The number of rotatable bonds is 2. The summed E-state index contributed by atoms with van der Waals surface area (Å²) in [6, 6.07) is 3.68. The molecule has 0 unspecified atom stereocenters. The van der Waals surface area contributed by atoms with Gasteiger partial charge in [0, 0.05) is 20.2 Å². The predicted molar refractivity (Wildman–Crippen MR) is 59.3 cm³/mol. The zero-order valence-corrected chi connectivity index (χ0v) is 9.44. The Labute approximate surface area is 94.2 Å². The molecule has 0 saturated carbocycles. The minimum absolute atomic E-state index is 0.390. The molecule has 4 nitrogen and oxygen atoms in total. The van der Waals surface area contributed by atoms with Crippen LogP contribution in [0.2, 0.25) is 5.15 Å². The van der Waals surface area contributed by atoms with Crippen LogP contribution in [0.15, 0.2) is 12.1 Å². The molecule has 82 valence electrons. The van der Waals surface area contributed by atoms with Crippen LogP contribution in [0.3, 0.4) is 0 Å². The summed E-state index contributed by atoms with van der Waals surface area (Å²) < 4.78 is 5.31. The van der Waals surface area contributed by atoms with Crippen LogP contribution in [0.1, 0.15) is 12.8 Å². The standard InChI is InChI=1S/C10H14ClN3O/c1-15-8-4-6-14(7-5-8)10-3-2-9(11)12-13-10/h2-3,8H,4-7H2,1H3. The Morgan fingerprint density at radius 2 is 2.07 bits per heavy atom. The van der Waals surface area contributed by atoms with Gasteiger partial charge >= 0.3 is 0 Å². The average Bonchev–Trinajstić information content (AvgIpc) is 2.30. The maximum absolute atomic E-state index is 5.68. The summed E-state index contributed by atoms with van der Waals surface area (Å²) in [5.41, 5.74) is 0. The van der Waals surface area contributed by atoms with Gasteiger partial charge in [-0.05, 0) is 25.0 Å². The number of nitrogens with zero attached hydrogens (tertiary/aromatic N) is 3. The van der Waals surface area contributed by atoms with Gasteiger partial charge in [0.1, 0.15) is 0 Å². The third kappa shape index (κ3) is 2.58. The van der Waals surface area contributed by atoms with Crippen molar-refractivity contribution in [3.05, 3.63) is 17.3 Å². The second-order valence-electron chi connectivity index (χ2n) is 3.64. The summed E-state index contributed by atoms with van der Waals surface area (Å²) in [6.07, 6.45) is 2.48. The second-order valence-corrected chi connectivity index (χ2v) is 4.02. The first-order chi connectivity index (χ1) is 7.29. The fourth-order valence-corrected chi connectivity index (χ4v) is 1.90. The molecule has 0 aromatic carbocycles. The molecule has 1 aromatic heterocycles. The van der Waals surface area contributed by atoms with E-state index in [2.05, 4.69) is 15.1 Å².